The molecule has 6 nitrogen and oxygen atoms in total. The van der Waals surface area contributed by atoms with Crippen LogP contribution in [0.4, 0.5) is 0 Å². The average Bonchev–Trinajstić information content (AvgIpc) is 2.86. The van der Waals surface area contributed by atoms with Gasteiger partial charge in [0.25, 0.3) is 5.56 Å². The van der Waals surface area contributed by atoms with Crippen molar-refractivity contribution in [2.45, 2.75) is 32.4 Å². The van der Waals surface area contributed by atoms with Gasteiger partial charge in [0, 0.05) is 12.3 Å². The molecule has 98 valence electrons. The van der Waals surface area contributed by atoms with Crippen molar-refractivity contribution in [3.63, 3.8) is 0 Å². The number of nitrogens with two attached hydrogens (primary N) is 1. The molecule has 0 aliphatic carbocycles. The zero-order valence-corrected chi connectivity index (χ0v) is 10.3. The molecule has 1 atom stereocenters. The second-order valence-corrected chi connectivity index (χ2v) is 4.42. The number of rotatable bonds is 3. The van der Waals surface area contributed by atoms with Gasteiger partial charge >= 0.3 is 0 Å². The lowest BCUT2D eigenvalue weighted by Crippen LogP contribution is -2.34. The highest BCUT2D eigenvalue weighted by molar-refractivity contribution is 5.96. The van der Waals surface area contributed by atoms with Crippen LogP contribution in [0.5, 0.6) is 0 Å². The first-order valence-corrected chi connectivity index (χ1v) is 5.93. The molecule has 1 aromatic heterocycles. The predicted molar refractivity (Wildman–Crippen MR) is 66.9 cm³/mol. The normalized spacial score (nSPS) is 20.3. The van der Waals surface area contributed by atoms with Gasteiger partial charge in [-0.1, -0.05) is 5.16 Å². The Morgan fingerprint density at radius 3 is 3.06 bits per heavy atom. The summed E-state index contributed by atoms with van der Waals surface area (Å²) in [5.74, 6) is -0.166. The van der Waals surface area contributed by atoms with E-state index in [2.05, 4.69) is 5.16 Å². The number of aromatic nitrogens is 1. The zero-order valence-electron chi connectivity index (χ0n) is 10.3. The Balaban J connectivity index is 2.36. The molecule has 0 saturated carbocycles. The van der Waals surface area contributed by atoms with E-state index in [9.17, 15) is 4.79 Å². The van der Waals surface area contributed by atoms with Gasteiger partial charge < -0.3 is 20.2 Å². The number of amidine groups is 1. The van der Waals surface area contributed by atoms with Crippen molar-refractivity contribution in [3.05, 3.63) is 33.7 Å². The van der Waals surface area contributed by atoms with Gasteiger partial charge in [-0.3, -0.25) is 4.79 Å². The fourth-order valence-electron chi connectivity index (χ4n) is 2.14. The summed E-state index contributed by atoms with van der Waals surface area (Å²) in [6.45, 7) is 3.11. The van der Waals surface area contributed by atoms with E-state index in [1.54, 1.807) is 16.7 Å². The lowest BCUT2D eigenvalue weighted by molar-refractivity contribution is 0.0956. The molecule has 1 saturated heterocycles. The minimum absolute atomic E-state index is 0.0731. The molecule has 0 bridgehead atoms. The Morgan fingerprint density at radius 2 is 2.44 bits per heavy atom. The summed E-state index contributed by atoms with van der Waals surface area (Å²) >= 11 is 0. The summed E-state index contributed by atoms with van der Waals surface area (Å²) in [5.41, 5.74) is 6.28. The van der Waals surface area contributed by atoms with Gasteiger partial charge in [0.05, 0.1) is 18.2 Å². The number of hydrogen-bond acceptors (Lipinski definition) is 4. The van der Waals surface area contributed by atoms with E-state index < -0.39 is 0 Å². The van der Waals surface area contributed by atoms with Crippen molar-refractivity contribution >= 4 is 5.84 Å². The number of oxime groups is 1. The molecular weight excluding hydrogens is 234 g/mol. The Bertz CT molecular complexity index is 516. The third-order valence-electron chi connectivity index (χ3n) is 3.19. The molecule has 2 heterocycles. The molecule has 0 aromatic carbocycles. The topological polar surface area (TPSA) is 89.8 Å². The monoisotopic (exact) mass is 251 g/mol. The van der Waals surface area contributed by atoms with Gasteiger partial charge in [0.15, 0.2) is 5.84 Å². The minimum Gasteiger partial charge on any atom is -0.409 e. The van der Waals surface area contributed by atoms with E-state index in [1.165, 1.54) is 0 Å². The lowest BCUT2D eigenvalue weighted by Gasteiger charge is -2.15. The van der Waals surface area contributed by atoms with Gasteiger partial charge in [-0.2, -0.15) is 0 Å². The molecular formula is C12H17N3O3. The molecule has 2 rings (SSSR count). The van der Waals surface area contributed by atoms with Crippen LogP contribution in [0.15, 0.2) is 22.1 Å². The van der Waals surface area contributed by atoms with Crippen molar-refractivity contribution < 1.29 is 9.94 Å². The van der Waals surface area contributed by atoms with Crippen molar-refractivity contribution in [1.82, 2.24) is 4.57 Å². The highest BCUT2D eigenvalue weighted by atomic mass is 16.5. The minimum atomic E-state index is -0.249. The Labute approximate surface area is 105 Å². The van der Waals surface area contributed by atoms with Crippen LogP contribution in [-0.4, -0.2) is 28.3 Å². The first kappa shape index (κ1) is 12.6. The third kappa shape index (κ3) is 2.38. The van der Waals surface area contributed by atoms with Crippen molar-refractivity contribution in [2.75, 3.05) is 6.61 Å². The maximum absolute atomic E-state index is 12.2. The van der Waals surface area contributed by atoms with Crippen LogP contribution in [0.2, 0.25) is 0 Å². The Morgan fingerprint density at radius 1 is 1.67 bits per heavy atom. The Hall–Kier alpha value is -1.82. The van der Waals surface area contributed by atoms with Crippen LogP contribution in [0.25, 0.3) is 0 Å². The summed E-state index contributed by atoms with van der Waals surface area (Å²) in [4.78, 5) is 12.2. The zero-order chi connectivity index (χ0) is 13.1. The fraction of sp³-hybridized carbons (Fsp3) is 0.500. The van der Waals surface area contributed by atoms with E-state index in [4.69, 9.17) is 15.7 Å². The second kappa shape index (κ2) is 5.22. The van der Waals surface area contributed by atoms with Gasteiger partial charge in [0.2, 0.25) is 0 Å². The van der Waals surface area contributed by atoms with Crippen LogP contribution >= 0.6 is 0 Å². The smallest absolute Gasteiger partial charge is 0.261 e. The molecule has 0 spiro atoms. The van der Waals surface area contributed by atoms with Gasteiger partial charge in [-0.15, -0.1) is 0 Å². The second-order valence-electron chi connectivity index (χ2n) is 4.42. The number of hydrogen-bond donors (Lipinski definition) is 2. The van der Waals surface area contributed by atoms with Gasteiger partial charge in [-0.05, 0) is 31.9 Å². The fourth-order valence-corrected chi connectivity index (χ4v) is 2.14. The molecule has 18 heavy (non-hydrogen) atoms. The average molecular weight is 251 g/mol. The molecule has 1 aromatic rings. The van der Waals surface area contributed by atoms with Crippen molar-refractivity contribution in [1.29, 1.82) is 0 Å². The van der Waals surface area contributed by atoms with Crippen LogP contribution < -0.4 is 11.3 Å². The molecule has 1 fully saturated rings. The highest BCUT2D eigenvalue weighted by Crippen LogP contribution is 2.14. The molecule has 0 radical (unpaired) electrons. The summed E-state index contributed by atoms with van der Waals surface area (Å²) in [5, 5.41) is 11.5. The number of ether oxygens (including phenoxy) is 1. The largest absolute Gasteiger partial charge is 0.409 e. The van der Waals surface area contributed by atoms with E-state index in [-0.39, 0.29) is 23.1 Å². The summed E-state index contributed by atoms with van der Waals surface area (Å²) in [7, 11) is 0. The maximum atomic E-state index is 12.2. The maximum Gasteiger partial charge on any atom is 0.261 e. The SMILES string of the molecule is Cc1ccc(/C(N)=N/O)c(=O)n1CC1CCCO1. The van der Waals surface area contributed by atoms with Crippen LogP contribution in [-0.2, 0) is 11.3 Å². The van der Waals surface area contributed by atoms with E-state index in [1.807, 2.05) is 6.92 Å². The molecule has 1 aliphatic heterocycles. The first-order chi connectivity index (χ1) is 8.63. The third-order valence-corrected chi connectivity index (χ3v) is 3.19. The number of nitrogens with zero attached hydrogens (tertiary/aromatic N) is 2. The van der Waals surface area contributed by atoms with E-state index in [0.717, 1.165) is 25.1 Å². The number of aryl methyl sites for hydroxylation is 1. The van der Waals surface area contributed by atoms with E-state index in [0.29, 0.717) is 6.54 Å². The van der Waals surface area contributed by atoms with Crippen LogP contribution in [0.1, 0.15) is 24.1 Å². The van der Waals surface area contributed by atoms with Crippen molar-refractivity contribution in [3.8, 4) is 0 Å². The quantitative estimate of drug-likeness (QED) is 0.353. The van der Waals surface area contributed by atoms with Crippen molar-refractivity contribution in [2.24, 2.45) is 10.9 Å². The molecule has 0 amide bonds. The molecule has 3 N–H and O–H groups in total. The predicted octanol–water partition coefficient (Wildman–Crippen LogP) is 0.430. The summed E-state index contributed by atoms with van der Waals surface area (Å²) < 4.78 is 7.14. The lowest BCUT2D eigenvalue weighted by atomic mass is 10.2. The summed E-state index contributed by atoms with van der Waals surface area (Å²) in [6.07, 6.45) is 2.06. The molecule has 6 heteroatoms. The number of pyridine rings is 1. The highest BCUT2D eigenvalue weighted by Gasteiger charge is 2.18. The van der Waals surface area contributed by atoms with Crippen LogP contribution in [0, 0.1) is 6.92 Å². The van der Waals surface area contributed by atoms with E-state index >= 15 is 0 Å². The van der Waals surface area contributed by atoms with Crippen LogP contribution in [0.3, 0.4) is 0 Å². The molecule has 1 unspecified atom stereocenters. The summed E-state index contributed by atoms with van der Waals surface area (Å²) in [6, 6.07) is 3.35. The standard InChI is InChI=1S/C12H17N3O3/c1-8-4-5-10(11(13)14-17)12(16)15(8)7-9-3-2-6-18-9/h4-5,9,17H,2-3,6-7H2,1H3,(H2,13,14). The van der Waals surface area contributed by atoms with Gasteiger partial charge in [0.1, 0.15) is 0 Å². The first-order valence-electron chi connectivity index (χ1n) is 5.93. The molecule has 1 aliphatic rings. The Kier molecular flexibility index (Phi) is 3.66. The van der Waals surface area contributed by atoms with Gasteiger partial charge in [-0.25, -0.2) is 0 Å².